The van der Waals surface area contributed by atoms with Crippen LogP contribution >= 0.6 is 0 Å². The van der Waals surface area contributed by atoms with Gasteiger partial charge in [0.25, 0.3) is 5.91 Å². The topological polar surface area (TPSA) is 32.3 Å². The van der Waals surface area contributed by atoms with Gasteiger partial charge in [-0.05, 0) is 56.9 Å². The van der Waals surface area contributed by atoms with Gasteiger partial charge < -0.3 is 10.2 Å². The number of carbonyl (C=O) groups is 1. The lowest BCUT2D eigenvalue weighted by molar-refractivity contribution is 0.0574. The smallest absolute Gasteiger partial charge is 0.254 e. The van der Waals surface area contributed by atoms with E-state index in [2.05, 4.69) is 26.1 Å². The molecule has 104 valence electrons. The van der Waals surface area contributed by atoms with E-state index >= 15 is 0 Å². The van der Waals surface area contributed by atoms with E-state index in [9.17, 15) is 4.79 Å². The second-order valence-electron chi connectivity index (χ2n) is 5.60. The molecular formula is C16H24N2O. The number of rotatable bonds is 3. The van der Waals surface area contributed by atoms with Crippen LogP contribution in [0.4, 0.5) is 5.69 Å². The Balaban J connectivity index is 2.09. The Hall–Kier alpha value is -1.51. The first-order chi connectivity index (χ1) is 9.11. The number of nitrogens with zero attached hydrogens (tertiary/aromatic N) is 1. The van der Waals surface area contributed by atoms with E-state index in [1.54, 1.807) is 0 Å². The molecule has 0 radical (unpaired) electrons. The van der Waals surface area contributed by atoms with E-state index in [-0.39, 0.29) is 5.91 Å². The summed E-state index contributed by atoms with van der Waals surface area (Å²) in [5.74, 6) is 0.781. The van der Waals surface area contributed by atoms with E-state index < -0.39 is 0 Å². The van der Waals surface area contributed by atoms with Crippen LogP contribution in [-0.4, -0.2) is 29.9 Å². The molecule has 1 aliphatic heterocycles. The molecule has 0 bridgehead atoms. The molecule has 0 aliphatic carbocycles. The first-order valence-electron chi connectivity index (χ1n) is 7.26. The van der Waals surface area contributed by atoms with Crippen LogP contribution in [0.15, 0.2) is 24.3 Å². The van der Waals surface area contributed by atoms with Gasteiger partial charge >= 0.3 is 0 Å². The van der Waals surface area contributed by atoms with E-state index in [1.807, 2.05) is 29.2 Å². The van der Waals surface area contributed by atoms with Crippen LogP contribution in [0.25, 0.3) is 0 Å². The molecule has 1 fully saturated rings. The molecule has 3 nitrogen and oxygen atoms in total. The second kappa shape index (κ2) is 6.09. The van der Waals surface area contributed by atoms with Crippen molar-refractivity contribution in [1.29, 1.82) is 0 Å². The van der Waals surface area contributed by atoms with Gasteiger partial charge in [-0.15, -0.1) is 0 Å². The predicted octanol–water partition coefficient (Wildman–Crippen LogP) is 3.38. The van der Waals surface area contributed by atoms with Crippen molar-refractivity contribution in [1.82, 2.24) is 4.90 Å². The maximum atomic E-state index is 12.5. The Bertz CT molecular complexity index is 427. The average molecular weight is 260 g/mol. The SMILES string of the molecule is CCNc1ccc(C(=O)N2CC(C)CCC2C)cc1. The molecule has 19 heavy (non-hydrogen) atoms. The van der Waals surface area contributed by atoms with Crippen molar-refractivity contribution >= 4 is 11.6 Å². The summed E-state index contributed by atoms with van der Waals surface area (Å²) in [6.07, 6.45) is 2.34. The minimum atomic E-state index is 0.169. The van der Waals surface area contributed by atoms with Crippen molar-refractivity contribution in [3.63, 3.8) is 0 Å². The zero-order valence-corrected chi connectivity index (χ0v) is 12.1. The standard InChI is InChI=1S/C16H24N2O/c1-4-17-15-9-7-14(8-10-15)16(19)18-11-12(2)5-6-13(18)3/h7-10,12-13,17H,4-6,11H2,1-3H3. The number of carbonyl (C=O) groups excluding carboxylic acids is 1. The molecule has 2 atom stereocenters. The van der Waals surface area contributed by atoms with Crippen LogP contribution in [-0.2, 0) is 0 Å². The summed E-state index contributed by atoms with van der Waals surface area (Å²) in [6, 6.07) is 8.17. The molecule has 1 N–H and O–H groups in total. The van der Waals surface area contributed by atoms with Crippen molar-refractivity contribution in [2.75, 3.05) is 18.4 Å². The summed E-state index contributed by atoms with van der Waals surface area (Å²) in [4.78, 5) is 14.6. The summed E-state index contributed by atoms with van der Waals surface area (Å²) in [6.45, 7) is 8.22. The van der Waals surface area contributed by atoms with Crippen molar-refractivity contribution in [3.8, 4) is 0 Å². The summed E-state index contributed by atoms with van der Waals surface area (Å²) in [5.41, 5.74) is 1.86. The van der Waals surface area contributed by atoms with Gasteiger partial charge in [-0.2, -0.15) is 0 Å². The summed E-state index contributed by atoms with van der Waals surface area (Å²) < 4.78 is 0. The highest BCUT2D eigenvalue weighted by Crippen LogP contribution is 2.23. The largest absolute Gasteiger partial charge is 0.385 e. The van der Waals surface area contributed by atoms with Crippen LogP contribution in [0.3, 0.4) is 0 Å². The Morgan fingerprint density at radius 1 is 1.26 bits per heavy atom. The molecule has 0 spiro atoms. The lowest BCUT2D eigenvalue weighted by atomic mass is 9.94. The number of anilines is 1. The molecule has 1 aromatic rings. The first kappa shape index (κ1) is 13.9. The zero-order chi connectivity index (χ0) is 13.8. The first-order valence-corrected chi connectivity index (χ1v) is 7.26. The Morgan fingerprint density at radius 2 is 1.95 bits per heavy atom. The third-order valence-corrected chi connectivity index (χ3v) is 3.89. The third-order valence-electron chi connectivity index (χ3n) is 3.89. The van der Waals surface area contributed by atoms with E-state index in [4.69, 9.17) is 0 Å². The van der Waals surface area contributed by atoms with E-state index in [0.29, 0.717) is 12.0 Å². The van der Waals surface area contributed by atoms with Crippen LogP contribution < -0.4 is 5.32 Å². The number of nitrogens with one attached hydrogen (secondary N) is 1. The van der Waals surface area contributed by atoms with Gasteiger partial charge in [-0.1, -0.05) is 6.92 Å². The molecule has 0 aromatic heterocycles. The second-order valence-corrected chi connectivity index (χ2v) is 5.60. The summed E-state index contributed by atoms with van der Waals surface area (Å²) in [5, 5.41) is 3.24. The number of hydrogen-bond acceptors (Lipinski definition) is 2. The molecule has 0 saturated carbocycles. The maximum Gasteiger partial charge on any atom is 0.254 e. The minimum Gasteiger partial charge on any atom is -0.385 e. The quantitative estimate of drug-likeness (QED) is 0.903. The molecule has 1 heterocycles. The molecular weight excluding hydrogens is 236 g/mol. The number of benzene rings is 1. The highest BCUT2D eigenvalue weighted by Gasteiger charge is 2.27. The minimum absolute atomic E-state index is 0.169. The molecule has 1 aromatic carbocycles. The van der Waals surface area contributed by atoms with Gasteiger partial charge in [-0.25, -0.2) is 0 Å². The van der Waals surface area contributed by atoms with Gasteiger partial charge in [0.15, 0.2) is 0 Å². The zero-order valence-electron chi connectivity index (χ0n) is 12.1. The molecule has 1 saturated heterocycles. The summed E-state index contributed by atoms with van der Waals surface area (Å²) >= 11 is 0. The van der Waals surface area contributed by atoms with Crippen molar-refractivity contribution in [2.24, 2.45) is 5.92 Å². The van der Waals surface area contributed by atoms with Gasteiger partial charge in [0.2, 0.25) is 0 Å². The Labute approximate surface area is 116 Å². The number of hydrogen-bond donors (Lipinski definition) is 1. The van der Waals surface area contributed by atoms with Crippen LogP contribution in [0.1, 0.15) is 44.0 Å². The molecule has 1 amide bonds. The highest BCUT2D eigenvalue weighted by molar-refractivity contribution is 5.94. The average Bonchev–Trinajstić information content (AvgIpc) is 2.42. The normalized spacial score (nSPS) is 23.2. The molecule has 1 aliphatic rings. The van der Waals surface area contributed by atoms with Crippen molar-refractivity contribution in [3.05, 3.63) is 29.8 Å². The fourth-order valence-electron chi connectivity index (χ4n) is 2.67. The number of amides is 1. The molecule has 3 heteroatoms. The van der Waals surface area contributed by atoms with E-state index in [0.717, 1.165) is 30.8 Å². The number of piperidine rings is 1. The van der Waals surface area contributed by atoms with Gasteiger partial charge in [-0.3, -0.25) is 4.79 Å². The van der Waals surface area contributed by atoms with Crippen molar-refractivity contribution in [2.45, 2.75) is 39.7 Å². The lowest BCUT2D eigenvalue weighted by Gasteiger charge is -2.36. The monoisotopic (exact) mass is 260 g/mol. The van der Waals surface area contributed by atoms with Gasteiger partial charge in [0.1, 0.15) is 0 Å². The van der Waals surface area contributed by atoms with Crippen LogP contribution in [0.5, 0.6) is 0 Å². The van der Waals surface area contributed by atoms with Gasteiger partial charge in [0, 0.05) is 30.4 Å². The molecule has 2 unspecified atom stereocenters. The van der Waals surface area contributed by atoms with Gasteiger partial charge in [0.05, 0.1) is 0 Å². The lowest BCUT2D eigenvalue weighted by Crippen LogP contribution is -2.44. The fraction of sp³-hybridized carbons (Fsp3) is 0.562. The highest BCUT2D eigenvalue weighted by atomic mass is 16.2. The Morgan fingerprint density at radius 3 is 2.58 bits per heavy atom. The number of likely N-dealkylation sites (tertiary alicyclic amines) is 1. The van der Waals surface area contributed by atoms with Crippen LogP contribution in [0.2, 0.25) is 0 Å². The van der Waals surface area contributed by atoms with E-state index in [1.165, 1.54) is 6.42 Å². The van der Waals surface area contributed by atoms with Crippen LogP contribution in [0, 0.1) is 5.92 Å². The molecule has 2 rings (SSSR count). The van der Waals surface area contributed by atoms with Crippen molar-refractivity contribution < 1.29 is 4.79 Å². The fourth-order valence-corrected chi connectivity index (χ4v) is 2.67. The summed E-state index contributed by atoms with van der Waals surface area (Å²) in [7, 11) is 0. The Kier molecular flexibility index (Phi) is 4.46. The third kappa shape index (κ3) is 3.28. The predicted molar refractivity (Wildman–Crippen MR) is 79.5 cm³/mol. The maximum absolute atomic E-state index is 12.5.